The van der Waals surface area contributed by atoms with E-state index in [1.165, 1.54) is 6.07 Å². The van der Waals surface area contributed by atoms with Gasteiger partial charge in [0.05, 0.1) is 16.1 Å². The molecule has 0 saturated heterocycles. The van der Waals surface area contributed by atoms with Crippen LogP contribution in [0.1, 0.15) is 5.69 Å². The van der Waals surface area contributed by atoms with Crippen LogP contribution in [-0.4, -0.2) is 20.7 Å². The van der Waals surface area contributed by atoms with Crippen LogP contribution in [0.25, 0.3) is 10.9 Å². The molecule has 5 nitrogen and oxygen atoms in total. The highest BCUT2D eigenvalue weighted by Crippen LogP contribution is 2.37. The van der Waals surface area contributed by atoms with Crippen molar-refractivity contribution in [2.45, 2.75) is 11.3 Å². The third-order valence-electron chi connectivity index (χ3n) is 3.48. The Morgan fingerprint density at radius 1 is 1.23 bits per heavy atom. The first-order valence-corrected chi connectivity index (χ1v) is 8.15. The highest BCUT2D eigenvalue weighted by molar-refractivity contribution is 7.99. The molecular formula is C15H11ClN4OS. The van der Waals surface area contributed by atoms with Crippen LogP contribution in [0.5, 0.6) is 0 Å². The van der Waals surface area contributed by atoms with E-state index in [-0.39, 0.29) is 10.8 Å². The molecular weight excluding hydrogens is 320 g/mol. The second-order valence-corrected chi connectivity index (χ2v) is 6.41. The molecule has 0 bridgehead atoms. The number of nitrogens with one attached hydrogen (secondary N) is 2. The first-order valence-electron chi connectivity index (χ1n) is 6.78. The minimum atomic E-state index is -0.119. The van der Waals surface area contributed by atoms with E-state index in [9.17, 15) is 4.79 Å². The van der Waals surface area contributed by atoms with E-state index in [2.05, 4.69) is 20.3 Å². The molecule has 4 rings (SSSR count). The smallest absolute Gasteiger partial charge is 0.248 e. The summed E-state index contributed by atoms with van der Waals surface area (Å²) in [7, 11) is 0. The fourth-order valence-electron chi connectivity index (χ4n) is 2.49. The number of aryl methyl sites for hydroxylation is 1. The number of rotatable bonds is 2. The van der Waals surface area contributed by atoms with Crippen molar-refractivity contribution in [2.75, 3.05) is 11.1 Å². The first kappa shape index (κ1) is 13.6. The van der Waals surface area contributed by atoms with Crippen molar-refractivity contribution in [1.29, 1.82) is 0 Å². The molecule has 1 aromatic carbocycles. The summed E-state index contributed by atoms with van der Waals surface area (Å²) in [5.41, 5.74) is 2.49. The maximum Gasteiger partial charge on any atom is 0.248 e. The van der Waals surface area contributed by atoms with Crippen molar-refractivity contribution in [1.82, 2.24) is 15.0 Å². The van der Waals surface area contributed by atoms with Gasteiger partial charge in [-0.3, -0.25) is 4.79 Å². The van der Waals surface area contributed by atoms with E-state index in [0.29, 0.717) is 0 Å². The summed E-state index contributed by atoms with van der Waals surface area (Å²) in [5.74, 6) is 1.71. The Bertz CT molecular complexity index is 940. The van der Waals surface area contributed by atoms with Crippen molar-refractivity contribution >= 4 is 45.8 Å². The fourth-order valence-corrected chi connectivity index (χ4v) is 3.72. The van der Waals surface area contributed by atoms with Crippen LogP contribution in [0, 0.1) is 0 Å². The molecule has 0 atom stereocenters. The molecule has 110 valence electrons. The van der Waals surface area contributed by atoms with Crippen molar-refractivity contribution < 1.29 is 0 Å². The average Bonchev–Trinajstić information content (AvgIpc) is 2.95. The van der Waals surface area contributed by atoms with Crippen molar-refractivity contribution in [3.05, 3.63) is 51.7 Å². The SMILES string of the molecule is O=c1ccc2ccc(Nc3nc(Cl)nc4c3SCC4)cc2[nH]1. The van der Waals surface area contributed by atoms with Gasteiger partial charge in [0.25, 0.3) is 0 Å². The number of aromatic nitrogens is 3. The summed E-state index contributed by atoms with van der Waals surface area (Å²) in [6.45, 7) is 0. The van der Waals surface area contributed by atoms with Crippen LogP contribution in [0.15, 0.2) is 40.0 Å². The van der Waals surface area contributed by atoms with Gasteiger partial charge in [0.2, 0.25) is 10.8 Å². The number of H-pyrrole nitrogens is 1. The van der Waals surface area contributed by atoms with Crippen LogP contribution >= 0.6 is 23.4 Å². The standard InChI is InChI=1S/C15H11ClN4OS/c16-15-19-10-5-6-22-13(10)14(20-15)17-9-3-1-8-2-4-12(21)18-11(8)7-9/h1-4,7H,5-6H2,(H,18,21)(H,17,19,20). The largest absolute Gasteiger partial charge is 0.339 e. The third kappa shape index (κ3) is 2.44. The summed E-state index contributed by atoms with van der Waals surface area (Å²) in [5, 5.41) is 4.50. The molecule has 2 N–H and O–H groups in total. The van der Waals surface area contributed by atoms with E-state index >= 15 is 0 Å². The Hall–Kier alpha value is -2.05. The fraction of sp³-hybridized carbons (Fsp3) is 0.133. The lowest BCUT2D eigenvalue weighted by molar-refractivity contribution is 0.980. The van der Waals surface area contributed by atoms with Crippen LogP contribution in [0.2, 0.25) is 5.28 Å². The lowest BCUT2D eigenvalue weighted by atomic mass is 10.2. The molecule has 0 saturated carbocycles. The third-order valence-corrected chi connectivity index (χ3v) is 4.78. The van der Waals surface area contributed by atoms with E-state index in [4.69, 9.17) is 11.6 Å². The predicted octanol–water partition coefficient (Wildman–Crippen LogP) is 3.36. The summed E-state index contributed by atoms with van der Waals surface area (Å²) < 4.78 is 0. The zero-order valence-electron chi connectivity index (χ0n) is 11.4. The van der Waals surface area contributed by atoms with Crippen molar-refractivity contribution in [3.8, 4) is 0 Å². The van der Waals surface area contributed by atoms with E-state index in [1.54, 1.807) is 17.8 Å². The second-order valence-electron chi connectivity index (χ2n) is 4.97. The van der Waals surface area contributed by atoms with Gasteiger partial charge in [-0.2, -0.15) is 4.98 Å². The molecule has 0 fully saturated rings. The summed E-state index contributed by atoms with van der Waals surface area (Å²) in [6.07, 6.45) is 0.905. The number of pyridine rings is 1. The molecule has 0 spiro atoms. The maximum atomic E-state index is 11.4. The number of aromatic amines is 1. The normalized spacial score (nSPS) is 13.3. The molecule has 1 aliphatic heterocycles. The predicted molar refractivity (Wildman–Crippen MR) is 89.3 cm³/mol. The van der Waals surface area contributed by atoms with Crippen LogP contribution in [0.4, 0.5) is 11.5 Å². The molecule has 1 aliphatic rings. The number of nitrogens with zero attached hydrogens (tertiary/aromatic N) is 2. The molecule has 0 unspecified atom stereocenters. The Kier molecular flexibility index (Phi) is 3.28. The van der Waals surface area contributed by atoms with Gasteiger partial charge in [0.15, 0.2) is 0 Å². The van der Waals surface area contributed by atoms with Crippen molar-refractivity contribution in [3.63, 3.8) is 0 Å². The Morgan fingerprint density at radius 2 is 2.09 bits per heavy atom. The first-order chi connectivity index (χ1) is 10.7. The number of benzene rings is 1. The number of fused-ring (bicyclic) bond motifs is 2. The highest BCUT2D eigenvalue weighted by atomic mass is 35.5. The molecule has 2 aromatic heterocycles. The number of hydrogen-bond acceptors (Lipinski definition) is 5. The van der Waals surface area contributed by atoms with E-state index < -0.39 is 0 Å². The molecule has 0 aliphatic carbocycles. The Labute approximate surface area is 135 Å². The quantitative estimate of drug-likeness (QED) is 0.705. The molecule has 3 heterocycles. The zero-order valence-corrected chi connectivity index (χ0v) is 13.0. The van der Waals surface area contributed by atoms with E-state index in [0.717, 1.165) is 45.2 Å². The Balaban J connectivity index is 1.76. The second kappa shape index (κ2) is 5.30. The summed E-state index contributed by atoms with van der Waals surface area (Å²) >= 11 is 7.72. The molecule has 0 radical (unpaired) electrons. The van der Waals surface area contributed by atoms with Gasteiger partial charge >= 0.3 is 0 Å². The molecule has 7 heteroatoms. The molecule has 0 amide bonds. The number of hydrogen-bond donors (Lipinski definition) is 2. The topological polar surface area (TPSA) is 70.7 Å². The van der Waals surface area contributed by atoms with Gasteiger partial charge in [-0.05, 0) is 35.2 Å². The minimum Gasteiger partial charge on any atom is -0.339 e. The number of halogens is 1. The highest BCUT2D eigenvalue weighted by Gasteiger charge is 2.19. The van der Waals surface area contributed by atoms with Crippen molar-refractivity contribution in [2.24, 2.45) is 0 Å². The van der Waals surface area contributed by atoms with Gasteiger partial charge in [-0.25, -0.2) is 4.98 Å². The van der Waals surface area contributed by atoms with Gasteiger partial charge < -0.3 is 10.3 Å². The van der Waals surface area contributed by atoms with Crippen LogP contribution < -0.4 is 10.9 Å². The van der Waals surface area contributed by atoms with Gasteiger partial charge in [-0.15, -0.1) is 11.8 Å². The summed E-state index contributed by atoms with van der Waals surface area (Å²) in [4.78, 5) is 23.9. The van der Waals surface area contributed by atoms with Gasteiger partial charge in [0.1, 0.15) is 5.82 Å². The lowest BCUT2D eigenvalue weighted by Crippen LogP contribution is -2.03. The maximum absolute atomic E-state index is 11.4. The summed E-state index contributed by atoms with van der Waals surface area (Å²) in [6, 6.07) is 9.10. The van der Waals surface area contributed by atoms with E-state index in [1.807, 2.05) is 18.2 Å². The average molecular weight is 331 g/mol. The number of thioether (sulfide) groups is 1. The molecule has 22 heavy (non-hydrogen) atoms. The minimum absolute atomic E-state index is 0.119. The monoisotopic (exact) mass is 330 g/mol. The van der Waals surface area contributed by atoms with Gasteiger partial charge in [-0.1, -0.05) is 6.07 Å². The lowest BCUT2D eigenvalue weighted by Gasteiger charge is -2.10. The number of anilines is 2. The zero-order chi connectivity index (χ0) is 15.1. The van der Waals surface area contributed by atoms with Crippen LogP contribution in [-0.2, 0) is 6.42 Å². The molecule has 3 aromatic rings. The van der Waals surface area contributed by atoms with Gasteiger partial charge in [0, 0.05) is 23.9 Å². The Morgan fingerprint density at radius 3 is 3.00 bits per heavy atom. The van der Waals surface area contributed by atoms with Crippen LogP contribution in [0.3, 0.4) is 0 Å².